The van der Waals surface area contributed by atoms with Crippen molar-refractivity contribution in [2.24, 2.45) is 0 Å². The highest BCUT2D eigenvalue weighted by molar-refractivity contribution is 6.08. The Morgan fingerprint density at radius 3 is 2.35 bits per heavy atom. The quantitative estimate of drug-likeness (QED) is 0.932. The lowest BCUT2D eigenvalue weighted by atomic mass is 10.0. The summed E-state index contributed by atoms with van der Waals surface area (Å²) >= 11 is 0. The Balaban J connectivity index is 2.52. The van der Waals surface area contributed by atoms with E-state index in [4.69, 9.17) is 13.9 Å². The van der Waals surface area contributed by atoms with E-state index in [2.05, 4.69) is 0 Å². The van der Waals surface area contributed by atoms with Crippen molar-refractivity contribution < 1.29 is 23.5 Å². The van der Waals surface area contributed by atoms with Gasteiger partial charge in [0.1, 0.15) is 0 Å². The van der Waals surface area contributed by atoms with E-state index in [1.807, 2.05) is 0 Å². The van der Waals surface area contributed by atoms with Gasteiger partial charge in [0.15, 0.2) is 5.76 Å². The number of hydrogen-bond acceptors (Lipinski definition) is 4. The summed E-state index contributed by atoms with van der Waals surface area (Å²) in [6.45, 7) is 5.39. The van der Waals surface area contributed by atoms with E-state index >= 15 is 0 Å². The van der Waals surface area contributed by atoms with Gasteiger partial charge in [0.05, 0.1) is 18.2 Å². The number of rotatable bonds is 3. The number of aromatic carboxylic acids is 1. The molecular formula is C14H15NO5. The monoisotopic (exact) mass is 277 g/mol. The number of nitrogens with zero attached hydrogens (tertiary/aromatic N) is 1. The summed E-state index contributed by atoms with van der Waals surface area (Å²) in [4.78, 5) is 25.0. The number of amides is 1. The number of anilines is 1. The average Bonchev–Trinajstić information content (AvgIpc) is 2.97. The van der Waals surface area contributed by atoms with Gasteiger partial charge >= 0.3 is 5.97 Å². The SMILES string of the molecule is CC(C)(C)N(C(=O)c1ccco1)c1ccoc1C(=O)O. The second-order valence-corrected chi connectivity index (χ2v) is 5.23. The predicted octanol–water partition coefficient (Wildman–Crippen LogP) is 3.02. The van der Waals surface area contributed by atoms with E-state index < -0.39 is 17.4 Å². The number of hydrogen-bond donors (Lipinski definition) is 1. The fraction of sp³-hybridized carbons (Fsp3) is 0.286. The minimum absolute atomic E-state index is 0.137. The normalized spacial score (nSPS) is 11.3. The van der Waals surface area contributed by atoms with E-state index in [1.54, 1.807) is 26.8 Å². The van der Waals surface area contributed by atoms with E-state index in [-0.39, 0.29) is 17.2 Å². The van der Waals surface area contributed by atoms with E-state index in [0.717, 1.165) is 0 Å². The van der Waals surface area contributed by atoms with Gasteiger partial charge in [-0.25, -0.2) is 4.79 Å². The van der Waals surface area contributed by atoms with Crippen LogP contribution >= 0.6 is 0 Å². The molecule has 0 saturated heterocycles. The lowest BCUT2D eigenvalue weighted by Crippen LogP contribution is -2.46. The first kappa shape index (κ1) is 13.9. The molecule has 0 aliphatic heterocycles. The summed E-state index contributed by atoms with van der Waals surface area (Å²) in [5.74, 6) is -1.80. The Morgan fingerprint density at radius 2 is 1.85 bits per heavy atom. The maximum Gasteiger partial charge on any atom is 0.374 e. The van der Waals surface area contributed by atoms with Gasteiger partial charge in [-0.3, -0.25) is 9.69 Å². The van der Waals surface area contributed by atoms with Crippen molar-refractivity contribution in [1.82, 2.24) is 0 Å². The number of furan rings is 2. The summed E-state index contributed by atoms with van der Waals surface area (Å²) in [7, 11) is 0. The van der Waals surface area contributed by atoms with Gasteiger partial charge in [-0.2, -0.15) is 0 Å². The van der Waals surface area contributed by atoms with Crippen molar-refractivity contribution in [3.05, 3.63) is 42.2 Å². The number of carboxylic acids is 1. The van der Waals surface area contributed by atoms with Gasteiger partial charge in [-0.05, 0) is 32.9 Å². The minimum atomic E-state index is -1.23. The molecule has 0 aliphatic rings. The van der Waals surface area contributed by atoms with Gasteiger partial charge < -0.3 is 13.9 Å². The highest BCUT2D eigenvalue weighted by Gasteiger charge is 2.34. The summed E-state index contributed by atoms with van der Waals surface area (Å²) in [5, 5.41) is 9.13. The standard InChI is InChI=1S/C14H15NO5/c1-14(2,3)15(12(16)10-5-4-7-19-10)9-6-8-20-11(9)13(17)18/h4-8H,1-3H3,(H,17,18). The maximum absolute atomic E-state index is 12.5. The topological polar surface area (TPSA) is 83.9 Å². The molecule has 0 aliphatic carbocycles. The number of carbonyl (C=O) groups is 2. The Bertz CT molecular complexity index is 618. The van der Waals surface area contributed by atoms with Crippen LogP contribution in [0.2, 0.25) is 0 Å². The fourth-order valence-electron chi connectivity index (χ4n) is 1.92. The Hall–Kier alpha value is -2.50. The first-order chi connectivity index (χ1) is 9.32. The fourth-order valence-corrected chi connectivity index (χ4v) is 1.92. The largest absolute Gasteiger partial charge is 0.475 e. The third-order valence-corrected chi connectivity index (χ3v) is 2.69. The first-order valence-corrected chi connectivity index (χ1v) is 6.01. The third kappa shape index (κ3) is 2.45. The van der Waals surface area contributed by atoms with E-state index in [9.17, 15) is 9.59 Å². The zero-order chi connectivity index (χ0) is 14.9. The molecule has 0 unspecified atom stereocenters. The van der Waals surface area contributed by atoms with Crippen molar-refractivity contribution in [2.75, 3.05) is 4.90 Å². The molecule has 6 nitrogen and oxygen atoms in total. The molecule has 106 valence electrons. The highest BCUT2D eigenvalue weighted by Crippen LogP contribution is 2.30. The smallest absolute Gasteiger partial charge is 0.374 e. The summed E-state index contributed by atoms with van der Waals surface area (Å²) < 4.78 is 10.0. The van der Waals surface area contributed by atoms with Gasteiger partial charge in [0, 0.05) is 11.6 Å². The molecule has 2 aromatic rings. The summed E-state index contributed by atoms with van der Waals surface area (Å²) in [6.07, 6.45) is 2.63. The second-order valence-electron chi connectivity index (χ2n) is 5.23. The summed E-state index contributed by atoms with van der Waals surface area (Å²) in [5.41, 5.74) is -0.441. The molecule has 2 aromatic heterocycles. The molecule has 20 heavy (non-hydrogen) atoms. The molecule has 0 radical (unpaired) electrons. The lowest BCUT2D eigenvalue weighted by molar-refractivity contribution is 0.0663. The van der Waals surface area contributed by atoms with Crippen LogP contribution in [0.1, 0.15) is 41.9 Å². The molecule has 1 N–H and O–H groups in total. The molecule has 0 atom stereocenters. The van der Waals surface area contributed by atoms with Crippen molar-refractivity contribution in [3.63, 3.8) is 0 Å². The van der Waals surface area contributed by atoms with Gasteiger partial charge in [-0.15, -0.1) is 0 Å². The molecule has 2 rings (SSSR count). The minimum Gasteiger partial charge on any atom is -0.475 e. The van der Waals surface area contributed by atoms with Gasteiger partial charge in [-0.1, -0.05) is 0 Å². The molecule has 6 heteroatoms. The molecule has 0 aromatic carbocycles. The van der Waals surface area contributed by atoms with Crippen LogP contribution in [0.4, 0.5) is 5.69 Å². The van der Waals surface area contributed by atoms with Crippen LogP contribution < -0.4 is 4.90 Å². The van der Waals surface area contributed by atoms with Crippen molar-refractivity contribution >= 4 is 17.6 Å². The molecule has 0 fully saturated rings. The Kier molecular flexibility index (Phi) is 3.40. The lowest BCUT2D eigenvalue weighted by Gasteiger charge is -2.34. The van der Waals surface area contributed by atoms with Crippen molar-refractivity contribution in [3.8, 4) is 0 Å². The highest BCUT2D eigenvalue weighted by atomic mass is 16.4. The second kappa shape index (κ2) is 4.88. The van der Waals surface area contributed by atoms with Crippen LogP contribution in [0.5, 0.6) is 0 Å². The molecular weight excluding hydrogens is 262 g/mol. The zero-order valence-corrected chi connectivity index (χ0v) is 11.4. The van der Waals surface area contributed by atoms with E-state index in [1.165, 1.54) is 29.6 Å². The van der Waals surface area contributed by atoms with Crippen LogP contribution in [-0.4, -0.2) is 22.5 Å². The molecule has 1 amide bonds. The molecule has 0 bridgehead atoms. The Morgan fingerprint density at radius 1 is 1.15 bits per heavy atom. The predicted molar refractivity (Wildman–Crippen MR) is 70.9 cm³/mol. The first-order valence-electron chi connectivity index (χ1n) is 6.01. The summed E-state index contributed by atoms with van der Waals surface area (Å²) in [6, 6.07) is 4.58. The van der Waals surface area contributed by atoms with Crippen LogP contribution in [0.25, 0.3) is 0 Å². The van der Waals surface area contributed by atoms with Crippen molar-refractivity contribution in [1.29, 1.82) is 0 Å². The number of carboxylic acid groups (broad SMARTS) is 1. The molecule has 0 spiro atoms. The van der Waals surface area contributed by atoms with Crippen LogP contribution in [0, 0.1) is 0 Å². The zero-order valence-electron chi connectivity index (χ0n) is 11.4. The van der Waals surface area contributed by atoms with Crippen LogP contribution in [0.3, 0.4) is 0 Å². The van der Waals surface area contributed by atoms with Gasteiger partial charge in [0.25, 0.3) is 5.91 Å². The van der Waals surface area contributed by atoms with Crippen molar-refractivity contribution in [2.45, 2.75) is 26.3 Å². The van der Waals surface area contributed by atoms with Gasteiger partial charge in [0.2, 0.25) is 5.76 Å². The molecule has 0 saturated carbocycles. The maximum atomic E-state index is 12.5. The van der Waals surface area contributed by atoms with E-state index in [0.29, 0.717) is 0 Å². The van der Waals surface area contributed by atoms with Crippen LogP contribution in [-0.2, 0) is 0 Å². The molecule has 2 heterocycles. The Labute approximate surface area is 115 Å². The number of carbonyl (C=O) groups excluding carboxylic acids is 1. The third-order valence-electron chi connectivity index (χ3n) is 2.69. The van der Waals surface area contributed by atoms with Crippen LogP contribution in [0.15, 0.2) is 39.6 Å². The average molecular weight is 277 g/mol.